The predicted octanol–water partition coefficient (Wildman–Crippen LogP) is 2.02. The van der Waals surface area contributed by atoms with Crippen LogP contribution in [0.2, 0.25) is 0 Å². The lowest BCUT2D eigenvalue weighted by Crippen LogP contribution is -2.34. The van der Waals surface area contributed by atoms with E-state index in [9.17, 15) is 9.59 Å². The van der Waals surface area contributed by atoms with Gasteiger partial charge < -0.3 is 15.1 Å². The summed E-state index contributed by atoms with van der Waals surface area (Å²) in [7, 11) is 0. The largest absolute Gasteiger partial charge is 0.467 e. The lowest BCUT2D eigenvalue weighted by Gasteiger charge is -2.24. The molecule has 5 nitrogen and oxygen atoms in total. The molecule has 0 fully saturated rings. The maximum absolute atomic E-state index is 12.3. The number of furan rings is 1. The number of carbonyl (C=O) groups excluding carboxylic acids is 2. The fourth-order valence-corrected chi connectivity index (χ4v) is 2.36. The van der Waals surface area contributed by atoms with E-state index in [4.69, 9.17) is 4.42 Å². The van der Waals surface area contributed by atoms with E-state index >= 15 is 0 Å². The zero-order chi connectivity index (χ0) is 13.9. The molecule has 0 saturated heterocycles. The van der Waals surface area contributed by atoms with Crippen LogP contribution in [0.1, 0.15) is 23.7 Å². The number of carbonyl (C=O) groups is 2. The third-order valence-electron chi connectivity index (χ3n) is 3.33. The quantitative estimate of drug-likeness (QED) is 0.896. The van der Waals surface area contributed by atoms with Gasteiger partial charge in [-0.25, -0.2) is 0 Å². The molecular formula is C15H14N2O3. The van der Waals surface area contributed by atoms with Crippen molar-refractivity contribution in [3.05, 3.63) is 54.0 Å². The van der Waals surface area contributed by atoms with E-state index in [0.29, 0.717) is 18.0 Å². The predicted molar refractivity (Wildman–Crippen MR) is 73.0 cm³/mol. The Bertz CT molecular complexity index is 634. The molecule has 2 amide bonds. The number of benzene rings is 1. The summed E-state index contributed by atoms with van der Waals surface area (Å²) in [5, 5.41) is 5.58. The fraction of sp³-hybridized carbons (Fsp3) is 0.200. The van der Waals surface area contributed by atoms with Gasteiger partial charge in [0, 0.05) is 12.1 Å². The minimum absolute atomic E-state index is 0.137. The summed E-state index contributed by atoms with van der Waals surface area (Å²) in [6.07, 6.45) is 1.73. The molecule has 20 heavy (non-hydrogen) atoms. The number of hydrogen-bond acceptors (Lipinski definition) is 3. The molecule has 2 aromatic rings. The standard InChI is InChI=1S/C15H14N2O3/c18-14-8-12(11-5-1-2-6-13(11)17-14)15(19)16-9-10-4-3-7-20-10/h1-7,12H,8-9H2,(H,16,19)(H,17,18). The van der Waals surface area contributed by atoms with E-state index in [1.807, 2.05) is 18.2 Å². The molecule has 1 aliphatic heterocycles. The molecule has 0 spiro atoms. The van der Waals surface area contributed by atoms with Crippen LogP contribution in [-0.2, 0) is 16.1 Å². The van der Waals surface area contributed by atoms with Crippen LogP contribution in [0.25, 0.3) is 0 Å². The number of hydrogen-bond donors (Lipinski definition) is 2. The summed E-state index contributed by atoms with van der Waals surface area (Å²) in [5.41, 5.74) is 1.56. The van der Waals surface area contributed by atoms with Crippen molar-refractivity contribution < 1.29 is 14.0 Å². The first-order valence-electron chi connectivity index (χ1n) is 6.43. The number of anilines is 1. The maximum Gasteiger partial charge on any atom is 0.228 e. The van der Waals surface area contributed by atoms with Crippen LogP contribution in [-0.4, -0.2) is 11.8 Å². The fourth-order valence-electron chi connectivity index (χ4n) is 2.36. The van der Waals surface area contributed by atoms with Crippen molar-refractivity contribution in [2.45, 2.75) is 18.9 Å². The summed E-state index contributed by atoms with van der Waals surface area (Å²) < 4.78 is 5.17. The first-order chi connectivity index (χ1) is 9.74. The molecule has 5 heteroatoms. The van der Waals surface area contributed by atoms with Crippen LogP contribution in [0.4, 0.5) is 5.69 Å². The molecule has 102 valence electrons. The van der Waals surface area contributed by atoms with Crippen molar-refractivity contribution in [2.75, 3.05) is 5.32 Å². The van der Waals surface area contributed by atoms with Gasteiger partial charge >= 0.3 is 0 Å². The Hall–Kier alpha value is -2.56. The van der Waals surface area contributed by atoms with Crippen LogP contribution in [0, 0.1) is 0 Å². The van der Waals surface area contributed by atoms with Crippen molar-refractivity contribution in [2.24, 2.45) is 0 Å². The first-order valence-corrected chi connectivity index (χ1v) is 6.43. The SMILES string of the molecule is O=C1CC(C(=O)NCc2ccco2)c2ccccc2N1. The highest BCUT2D eigenvalue weighted by Gasteiger charge is 2.30. The van der Waals surface area contributed by atoms with Gasteiger partial charge in [0.1, 0.15) is 5.76 Å². The van der Waals surface area contributed by atoms with Crippen molar-refractivity contribution in [1.29, 1.82) is 0 Å². The van der Waals surface area contributed by atoms with Gasteiger partial charge in [-0.05, 0) is 23.8 Å². The maximum atomic E-state index is 12.3. The van der Waals surface area contributed by atoms with Gasteiger partial charge in [-0.2, -0.15) is 0 Å². The molecule has 3 rings (SSSR count). The van der Waals surface area contributed by atoms with Crippen molar-refractivity contribution in [1.82, 2.24) is 5.32 Å². The van der Waals surface area contributed by atoms with Gasteiger partial charge in [-0.1, -0.05) is 18.2 Å². The van der Waals surface area contributed by atoms with Crippen LogP contribution in [0.3, 0.4) is 0 Å². The highest BCUT2D eigenvalue weighted by atomic mass is 16.3. The Balaban J connectivity index is 1.76. The zero-order valence-electron chi connectivity index (χ0n) is 10.8. The normalized spacial score (nSPS) is 17.2. The zero-order valence-corrected chi connectivity index (χ0v) is 10.8. The first kappa shape index (κ1) is 12.5. The monoisotopic (exact) mass is 270 g/mol. The molecule has 1 aromatic carbocycles. The topological polar surface area (TPSA) is 71.3 Å². The van der Waals surface area contributed by atoms with Crippen molar-refractivity contribution in [3.63, 3.8) is 0 Å². The minimum Gasteiger partial charge on any atom is -0.467 e. The summed E-state index contributed by atoms with van der Waals surface area (Å²) in [5.74, 6) is -0.0626. The number of para-hydroxylation sites is 1. The smallest absolute Gasteiger partial charge is 0.228 e. The molecule has 0 aliphatic carbocycles. The van der Waals surface area contributed by atoms with Crippen LogP contribution < -0.4 is 10.6 Å². The second-order valence-electron chi connectivity index (χ2n) is 4.69. The lowest BCUT2D eigenvalue weighted by molar-refractivity contribution is -0.126. The Kier molecular flexibility index (Phi) is 3.25. The average molecular weight is 270 g/mol. The molecule has 0 bridgehead atoms. The highest BCUT2D eigenvalue weighted by molar-refractivity contribution is 6.01. The third-order valence-corrected chi connectivity index (χ3v) is 3.33. The molecule has 1 aliphatic rings. The second-order valence-corrected chi connectivity index (χ2v) is 4.69. The van der Waals surface area contributed by atoms with Crippen molar-refractivity contribution >= 4 is 17.5 Å². The Labute approximate surface area is 116 Å². The Morgan fingerprint density at radius 2 is 2.15 bits per heavy atom. The second kappa shape index (κ2) is 5.21. The highest BCUT2D eigenvalue weighted by Crippen LogP contribution is 2.31. The molecule has 0 radical (unpaired) electrons. The summed E-state index contributed by atoms with van der Waals surface area (Å²) >= 11 is 0. The molecule has 1 aromatic heterocycles. The molecule has 2 N–H and O–H groups in total. The van der Waals surface area contributed by atoms with Crippen LogP contribution in [0.15, 0.2) is 47.1 Å². The molecule has 2 heterocycles. The Morgan fingerprint density at radius 3 is 2.95 bits per heavy atom. The summed E-state index contributed by atoms with van der Waals surface area (Å²) in [6.45, 7) is 0.326. The third kappa shape index (κ3) is 2.42. The van der Waals surface area contributed by atoms with Gasteiger partial charge in [0.2, 0.25) is 11.8 Å². The molecule has 1 atom stereocenters. The van der Waals surface area contributed by atoms with Crippen LogP contribution >= 0.6 is 0 Å². The molecule has 1 unspecified atom stereocenters. The van der Waals surface area contributed by atoms with Gasteiger partial charge in [0.15, 0.2) is 0 Å². The minimum atomic E-state index is -0.449. The molecular weight excluding hydrogens is 256 g/mol. The number of amides is 2. The number of rotatable bonds is 3. The lowest BCUT2D eigenvalue weighted by atomic mass is 9.90. The van der Waals surface area contributed by atoms with E-state index in [0.717, 1.165) is 5.56 Å². The number of fused-ring (bicyclic) bond motifs is 1. The summed E-state index contributed by atoms with van der Waals surface area (Å²) in [4.78, 5) is 23.9. The van der Waals surface area contributed by atoms with Crippen LogP contribution in [0.5, 0.6) is 0 Å². The van der Waals surface area contributed by atoms with Gasteiger partial charge in [0.25, 0.3) is 0 Å². The van der Waals surface area contributed by atoms with Gasteiger partial charge in [0.05, 0.1) is 18.7 Å². The van der Waals surface area contributed by atoms with Crippen molar-refractivity contribution in [3.8, 4) is 0 Å². The Morgan fingerprint density at radius 1 is 1.30 bits per heavy atom. The molecule has 0 saturated carbocycles. The number of nitrogens with one attached hydrogen (secondary N) is 2. The van der Waals surface area contributed by atoms with Gasteiger partial charge in [-0.3, -0.25) is 9.59 Å². The van der Waals surface area contributed by atoms with E-state index < -0.39 is 5.92 Å². The average Bonchev–Trinajstić information content (AvgIpc) is 2.97. The van der Waals surface area contributed by atoms with E-state index in [2.05, 4.69) is 10.6 Å². The summed E-state index contributed by atoms with van der Waals surface area (Å²) in [6, 6.07) is 10.9. The van der Waals surface area contributed by atoms with Gasteiger partial charge in [-0.15, -0.1) is 0 Å². The van der Waals surface area contributed by atoms with E-state index in [1.54, 1.807) is 24.5 Å². The van der Waals surface area contributed by atoms with E-state index in [1.165, 1.54) is 0 Å². The van der Waals surface area contributed by atoms with E-state index in [-0.39, 0.29) is 18.2 Å².